The van der Waals surface area contributed by atoms with Gasteiger partial charge in [-0.25, -0.2) is 0 Å². The summed E-state index contributed by atoms with van der Waals surface area (Å²) in [6.45, 7) is 12.0. The third kappa shape index (κ3) is 25.5. The summed E-state index contributed by atoms with van der Waals surface area (Å²) in [7, 11) is 0. The Hall–Kier alpha value is -1.61. The molecule has 0 saturated carbocycles. The van der Waals surface area contributed by atoms with Crippen LogP contribution in [0.5, 0.6) is 0 Å². The van der Waals surface area contributed by atoms with Crippen molar-refractivity contribution < 1.29 is 4.79 Å². The van der Waals surface area contributed by atoms with Crippen molar-refractivity contribution in [2.24, 2.45) is 0 Å². The van der Waals surface area contributed by atoms with Crippen LogP contribution in [0.3, 0.4) is 0 Å². The molecule has 0 bridgehead atoms. The van der Waals surface area contributed by atoms with Crippen LogP contribution in [0.25, 0.3) is 0 Å². The van der Waals surface area contributed by atoms with Crippen molar-refractivity contribution in [3.63, 3.8) is 0 Å². The van der Waals surface area contributed by atoms with Gasteiger partial charge >= 0.3 is 0 Å². The Morgan fingerprint density at radius 1 is 0.522 bits per heavy atom. The minimum absolute atomic E-state index is 0.118. The first-order valence-corrected chi connectivity index (χ1v) is 20.4. The van der Waals surface area contributed by atoms with E-state index in [1.165, 1.54) is 180 Å². The van der Waals surface area contributed by atoms with E-state index in [4.69, 9.17) is 0 Å². The summed E-state index contributed by atoms with van der Waals surface area (Å²) < 4.78 is 0. The Bertz CT molecular complexity index is 746. The fraction of sp³-hybridized carbons (Fsp3) is 0.791. The van der Waals surface area contributed by atoms with E-state index in [0.29, 0.717) is 13.2 Å². The maximum atomic E-state index is 13.3. The zero-order chi connectivity index (χ0) is 33.2. The minimum atomic E-state index is 0.118. The highest BCUT2D eigenvalue weighted by Crippen LogP contribution is 2.16. The maximum absolute atomic E-state index is 13.3. The van der Waals surface area contributed by atoms with E-state index in [1.54, 1.807) is 0 Å². The van der Waals surface area contributed by atoms with Gasteiger partial charge in [-0.15, -0.1) is 6.58 Å². The molecule has 0 heterocycles. The molecular weight excluding hydrogens is 560 g/mol. The Morgan fingerprint density at radius 2 is 0.848 bits per heavy atom. The number of benzene rings is 1. The van der Waals surface area contributed by atoms with Crippen LogP contribution < -0.4 is 0 Å². The second kappa shape index (κ2) is 33.3. The standard InChI is InChI=1S/C43H78N2O/c1-4-7-9-11-13-15-17-19-21-23-25-27-29-34-39-44(41-45(38-6-3)43(46)42-36-32-31-33-37-42)40-35-30-28-26-24-22-20-18-16-14-12-10-8-5-2/h6,31-33,36-37H,3-5,7-30,34-35,38-41H2,1-2H3. The SMILES string of the molecule is C=CCN(CN(CCCCCCCCCCCCCCCC)CCCCCCCCCCCCCCCC)C(=O)c1ccccc1. The van der Waals surface area contributed by atoms with Crippen LogP contribution >= 0.6 is 0 Å². The van der Waals surface area contributed by atoms with Gasteiger partial charge < -0.3 is 4.90 Å². The lowest BCUT2D eigenvalue weighted by Crippen LogP contribution is -2.42. The number of rotatable bonds is 35. The number of hydrogen-bond acceptors (Lipinski definition) is 2. The van der Waals surface area contributed by atoms with Crippen LogP contribution in [-0.2, 0) is 0 Å². The van der Waals surface area contributed by atoms with Gasteiger partial charge in [-0.3, -0.25) is 9.69 Å². The zero-order valence-electron chi connectivity index (χ0n) is 31.1. The van der Waals surface area contributed by atoms with E-state index in [2.05, 4.69) is 25.3 Å². The van der Waals surface area contributed by atoms with E-state index in [9.17, 15) is 4.79 Å². The van der Waals surface area contributed by atoms with Gasteiger partial charge in [0.05, 0.1) is 6.67 Å². The summed E-state index contributed by atoms with van der Waals surface area (Å²) in [5.74, 6) is 0.118. The average Bonchev–Trinajstić information content (AvgIpc) is 3.08. The lowest BCUT2D eigenvalue weighted by atomic mass is 10.0. The normalized spacial score (nSPS) is 11.4. The molecule has 3 heteroatoms. The molecule has 0 aliphatic carbocycles. The first-order valence-electron chi connectivity index (χ1n) is 20.4. The highest BCUT2D eigenvalue weighted by atomic mass is 16.2. The monoisotopic (exact) mass is 639 g/mol. The minimum Gasteiger partial charge on any atom is -0.322 e. The molecule has 266 valence electrons. The average molecular weight is 639 g/mol. The number of amides is 1. The smallest absolute Gasteiger partial charge is 0.255 e. The van der Waals surface area contributed by atoms with Gasteiger partial charge in [0.15, 0.2) is 0 Å². The molecule has 0 atom stereocenters. The van der Waals surface area contributed by atoms with E-state index in [-0.39, 0.29) is 5.91 Å². The van der Waals surface area contributed by atoms with Gasteiger partial charge in [-0.1, -0.05) is 205 Å². The topological polar surface area (TPSA) is 23.6 Å². The number of carbonyl (C=O) groups excluding carboxylic acids is 1. The third-order valence-electron chi connectivity index (χ3n) is 9.68. The molecule has 0 aliphatic heterocycles. The molecule has 0 aliphatic rings. The lowest BCUT2D eigenvalue weighted by molar-refractivity contribution is 0.0645. The van der Waals surface area contributed by atoms with Crippen molar-refractivity contribution in [3.05, 3.63) is 48.6 Å². The molecule has 0 saturated heterocycles. The molecule has 3 nitrogen and oxygen atoms in total. The lowest BCUT2D eigenvalue weighted by Gasteiger charge is -2.30. The molecule has 1 rings (SSSR count). The highest BCUT2D eigenvalue weighted by Gasteiger charge is 2.17. The van der Waals surface area contributed by atoms with Crippen LogP contribution in [0.2, 0.25) is 0 Å². The van der Waals surface area contributed by atoms with Gasteiger partial charge in [0.1, 0.15) is 0 Å². The second-order valence-corrected chi connectivity index (χ2v) is 14.1. The molecule has 1 aromatic carbocycles. The molecule has 0 spiro atoms. The van der Waals surface area contributed by atoms with Gasteiger partial charge in [-0.05, 0) is 38.1 Å². The number of unbranched alkanes of at least 4 members (excludes halogenated alkanes) is 26. The van der Waals surface area contributed by atoms with Crippen molar-refractivity contribution in [3.8, 4) is 0 Å². The summed E-state index contributed by atoms with van der Waals surface area (Å²) in [4.78, 5) is 17.9. The molecule has 0 radical (unpaired) electrons. The number of hydrogen-bond donors (Lipinski definition) is 0. The Morgan fingerprint density at radius 3 is 1.17 bits per heavy atom. The van der Waals surface area contributed by atoms with E-state index in [1.807, 2.05) is 41.3 Å². The van der Waals surface area contributed by atoms with Crippen LogP contribution in [0.15, 0.2) is 43.0 Å². The Balaban J connectivity index is 2.31. The largest absolute Gasteiger partial charge is 0.322 e. The van der Waals surface area contributed by atoms with E-state index in [0.717, 1.165) is 18.7 Å². The first-order chi connectivity index (χ1) is 22.7. The van der Waals surface area contributed by atoms with E-state index < -0.39 is 0 Å². The highest BCUT2D eigenvalue weighted by molar-refractivity contribution is 5.94. The maximum Gasteiger partial charge on any atom is 0.255 e. The van der Waals surface area contributed by atoms with Crippen LogP contribution in [0.1, 0.15) is 204 Å². The van der Waals surface area contributed by atoms with E-state index >= 15 is 0 Å². The summed E-state index contributed by atoms with van der Waals surface area (Å²) >= 11 is 0. The fourth-order valence-electron chi connectivity index (χ4n) is 6.68. The van der Waals surface area contributed by atoms with Gasteiger partial charge in [0.2, 0.25) is 0 Å². The van der Waals surface area contributed by atoms with Gasteiger partial charge in [0, 0.05) is 12.1 Å². The van der Waals surface area contributed by atoms with Crippen molar-refractivity contribution in [2.45, 2.75) is 194 Å². The summed E-state index contributed by atoms with van der Waals surface area (Å²) in [5, 5.41) is 0. The molecule has 0 aromatic heterocycles. The molecule has 1 amide bonds. The number of carbonyl (C=O) groups is 1. The van der Waals surface area contributed by atoms with Gasteiger partial charge in [-0.2, -0.15) is 0 Å². The van der Waals surface area contributed by atoms with Crippen molar-refractivity contribution >= 4 is 5.91 Å². The molecule has 0 fully saturated rings. The van der Waals surface area contributed by atoms with Crippen molar-refractivity contribution in [1.82, 2.24) is 9.80 Å². The molecule has 0 unspecified atom stereocenters. The molecule has 46 heavy (non-hydrogen) atoms. The molecule has 0 N–H and O–H groups in total. The summed E-state index contributed by atoms with van der Waals surface area (Å²) in [5.41, 5.74) is 0.775. The van der Waals surface area contributed by atoms with Crippen LogP contribution in [0, 0.1) is 0 Å². The first kappa shape index (κ1) is 42.4. The summed E-state index contributed by atoms with van der Waals surface area (Å²) in [6.07, 6.45) is 40.8. The zero-order valence-corrected chi connectivity index (χ0v) is 31.1. The number of nitrogens with zero attached hydrogens (tertiary/aromatic N) is 2. The molecule has 1 aromatic rings. The van der Waals surface area contributed by atoms with Crippen molar-refractivity contribution in [2.75, 3.05) is 26.3 Å². The fourth-order valence-corrected chi connectivity index (χ4v) is 6.68. The van der Waals surface area contributed by atoms with Crippen LogP contribution in [-0.4, -0.2) is 42.0 Å². The summed E-state index contributed by atoms with van der Waals surface area (Å²) in [6, 6.07) is 9.76. The Labute approximate surface area is 288 Å². The predicted octanol–water partition coefficient (Wildman–Crippen LogP) is 13.5. The van der Waals surface area contributed by atoms with Crippen molar-refractivity contribution in [1.29, 1.82) is 0 Å². The van der Waals surface area contributed by atoms with Gasteiger partial charge in [0.25, 0.3) is 5.91 Å². The molecular formula is C43H78N2O. The third-order valence-corrected chi connectivity index (χ3v) is 9.68. The predicted molar refractivity (Wildman–Crippen MR) is 205 cm³/mol. The second-order valence-electron chi connectivity index (χ2n) is 14.1. The quantitative estimate of drug-likeness (QED) is 0.0419. The van der Waals surface area contributed by atoms with Crippen LogP contribution in [0.4, 0.5) is 0 Å². The Kier molecular flexibility index (Phi) is 30.7.